The number of nitrogens with two attached hydrogens (primary N) is 1. The zero-order valence-corrected chi connectivity index (χ0v) is 12.5. The molecule has 0 heterocycles. The standard InChI is InChI=1S/C16H22F3NO/c1-3-21-15(8-4-5-9-15)14(20)13-7-6-12(10-11(13)2)16(17,18)19/h6-7,10,14H,3-5,8-9,20H2,1-2H3. The van der Waals surface area contributed by atoms with Crippen molar-refractivity contribution >= 4 is 0 Å². The minimum absolute atomic E-state index is 0.387. The molecule has 2 nitrogen and oxygen atoms in total. The van der Waals surface area contributed by atoms with Gasteiger partial charge in [0.05, 0.1) is 17.2 Å². The van der Waals surface area contributed by atoms with Gasteiger partial charge in [-0.25, -0.2) is 0 Å². The van der Waals surface area contributed by atoms with Gasteiger partial charge in [0.2, 0.25) is 0 Å². The summed E-state index contributed by atoms with van der Waals surface area (Å²) < 4.78 is 44.1. The lowest BCUT2D eigenvalue weighted by atomic mass is 9.85. The molecule has 0 amide bonds. The molecule has 1 aliphatic rings. The Morgan fingerprint density at radius 2 is 1.90 bits per heavy atom. The second-order valence-electron chi connectivity index (χ2n) is 5.75. The number of hydrogen-bond donors (Lipinski definition) is 1. The molecule has 1 saturated carbocycles. The highest BCUT2D eigenvalue weighted by atomic mass is 19.4. The van der Waals surface area contributed by atoms with E-state index in [9.17, 15) is 13.2 Å². The molecule has 2 N–H and O–H groups in total. The van der Waals surface area contributed by atoms with E-state index in [0.29, 0.717) is 12.2 Å². The van der Waals surface area contributed by atoms with Crippen LogP contribution in [-0.4, -0.2) is 12.2 Å². The quantitative estimate of drug-likeness (QED) is 0.896. The number of alkyl halides is 3. The number of aryl methyl sites for hydroxylation is 1. The smallest absolute Gasteiger partial charge is 0.373 e. The molecule has 5 heteroatoms. The van der Waals surface area contributed by atoms with Crippen LogP contribution < -0.4 is 5.73 Å². The monoisotopic (exact) mass is 301 g/mol. The molecule has 0 aromatic heterocycles. The molecule has 21 heavy (non-hydrogen) atoms. The lowest BCUT2D eigenvalue weighted by Crippen LogP contribution is -2.41. The van der Waals surface area contributed by atoms with Gasteiger partial charge in [-0.05, 0) is 49.9 Å². The molecule has 2 rings (SSSR count). The Labute approximate surface area is 123 Å². The average Bonchev–Trinajstić information content (AvgIpc) is 2.87. The fraction of sp³-hybridized carbons (Fsp3) is 0.625. The molecular weight excluding hydrogens is 279 g/mol. The predicted octanol–water partition coefficient (Wildman–Crippen LogP) is 4.36. The number of ether oxygens (including phenoxy) is 1. The second-order valence-corrected chi connectivity index (χ2v) is 5.75. The summed E-state index contributed by atoms with van der Waals surface area (Å²) in [5.41, 5.74) is 6.63. The fourth-order valence-electron chi connectivity index (χ4n) is 3.29. The lowest BCUT2D eigenvalue weighted by molar-refractivity contribution is -0.137. The summed E-state index contributed by atoms with van der Waals surface area (Å²) >= 11 is 0. The molecular formula is C16H22F3NO. The van der Waals surface area contributed by atoms with Crippen LogP contribution in [-0.2, 0) is 10.9 Å². The summed E-state index contributed by atoms with van der Waals surface area (Å²) in [6.07, 6.45) is -0.496. The van der Waals surface area contributed by atoms with Crippen LogP contribution >= 0.6 is 0 Å². The van der Waals surface area contributed by atoms with E-state index in [0.717, 1.165) is 37.3 Å². The van der Waals surface area contributed by atoms with Crippen molar-refractivity contribution in [2.45, 2.75) is 57.3 Å². The molecule has 1 aromatic carbocycles. The summed E-state index contributed by atoms with van der Waals surface area (Å²) in [5, 5.41) is 0. The molecule has 0 aliphatic heterocycles. The van der Waals surface area contributed by atoms with Gasteiger partial charge >= 0.3 is 6.18 Å². The molecule has 1 atom stereocenters. The molecule has 1 aromatic rings. The first-order chi connectivity index (χ1) is 9.80. The highest BCUT2D eigenvalue weighted by Gasteiger charge is 2.42. The first kappa shape index (κ1) is 16.3. The van der Waals surface area contributed by atoms with Crippen molar-refractivity contribution in [2.75, 3.05) is 6.61 Å². The number of halogens is 3. The third-order valence-corrected chi connectivity index (χ3v) is 4.38. The van der Waals surface area contributed by atoms with Crippen molar-refractivity contribution in [3.05, 3.63) is 34.9 Å². The van der Waals surface area contributed by atoms with Gasteiger partial charge in [0.1, 0.15) is 0 Å². The Morgan fingerprint density at radius 3 is 2.38 bits per heavy atom. The maximum atomic E-state index is 12.7. The van der Waals surface area contributed by atoms with Crippen molar-refractivity contribution in [2.24, 2.45) is 5.73 Å². The van der Waals surface area contributed by atoms with Crippen LogP contribution in [0.15, 0.2) is 18.2 Å². The fourth-order valence-corrected chi connectivity index (χ4v) is 3.29. The second kappa shape index (κ2) is 5.97. The average molecular weight is 301 g/mol. The van der Waals surface area contributed by atoms with Gasteiger partial charge in [-0.2, -0.15) is 13.2 Å². The van der Waals surface area contributed by atoms with Crippen LogP contribution in [0.1, 0.15) is 55.3 Å². The van der Waals surface area contributed by atoms with Crippen molar-refractivity contribution in [3.63, 3.8) is 0 Å². The van der Waals surface area contributed by atoms with Gasteiger partial charge in [-0.3, -0.25) is 0 Å². The molecule has 1 unspecified atom stereocenters. The molecule has 0 radical (unpaired) electrons. The molecule has 0 bridgehead atoms. The van der Waals surface area contributed by atoms with E-state index in [1.165, 1.54) is 12.1 Å². The van der Waals surface area contributed by atoms with Gasteiger partial charge in [0.25, 0.3) is 0 Å². The third-order valence-electron chi connectivity index (χ3n) is 4.38. The molecule has 0 saturated heterocycles. The lowest BCUT2D eigenvalue weighted by Gasteiger charge is -2.36. The van der Waals surface area contributed by atoms with Crippen LogP contribution in [0.3, 0.4) is 0 Å². The molecule has 1 fully saturated rings. The van der Waals surface area contributed by atoms with Crippen molar-refractivity contribution < 1.29 is 17.9 Å². The molecule has 118 valence electrons. The summed E-state index contributed by atoms with van der Waals surface area (Å²) in [6.45, 7) is 4.17. The number of hydrogen-bond acceptors (Lipinski definition) is 2. The van der Waals surface area contributed by atoms with Crippen LogP contribution in [0.2, 0.25) is 0 Å². The minimum atomic E-state index is -4.32. The van der Waals surface area contributed by atoms with E-state index in [1.54, 1.807) is 6.92 Å². The van der Waals surface area contributed by atoms with E-state index >= 15 is 0 Å². The first-order valence-electron chi connectivity index (χ1n) is 7.37. The highest BCUT2D eigenvalue weighted by molar-refractivity contribution is 5.36. The Morgan fingerprint density at radius 1 is 1.29 bits per heavy atom. The van der Waals surface area contributed by atoms with Gasteiger partial charge in [0, 0.05) is 6.61 Å². The predicted molar refractivity (Wildman–Crippen MR) is 75.9 cm³/mol. The minimum Gasteiger partial charge on any atom is -0.373 e. The van der Waals surface area contributed by atoms with E-state index < -0.39 is 17.3 Å². The highest BCUT2D eigenvalue weighted by Crippen LogP contribution is 2.43. The Kier molecular flexibility index (Phi) is 4.63. The molecule has 0 spiro atoms. The molecule has 1 aliphatic carbocycles. The van der Waals surface area contributed by atoms with Crippen molar-refractivity contribution in [1.29, 1.82) is 0 Å². The zero-order chi connectivity index (χ0) is 15.7. The zero-order valence-electron chi connectivity index (χ0n) is 12.5. The van der Waals surface area contributed by atoms with Crippen LogP contribution in [0.5, 0.6) is 0 Å². The van der Waals surface area contributed by atoms with Crippen LogP contribution in [0.4, 0.5) is 13.2 Å². The topological polar surface area (TPSA) is 35.2 Å². The normalized spacial score (nSPS) is 19.7. The van der Waals surface area contributed by atoms with Crippen molar-refractivity contribution in [1.82, 2.24) is 0 Å². The van der Waals surface area contributed by atoms with Gasteiger partial charge in [-0.1, -0.05) is 18.9 Å². The third kappa shape index (κ3) is 3.24. The largest absolute Gasteiger partial charge is 0.416 e. The van der Waals surface area contributed by atoms with E-state index in [4.69, 9.17) is 10.5 Å². The summed E-state index contributed by atoms with van der Waals surface area (Å²) in [7, 11) is 0. The van der Waals surface area contributed by atoms with E-state index in [1.807, 2.05) is 6.92 Å². The Bertz CT molecular complexity index is 493. The summed E-state index contributed by atoms with van der Waals surface area (Å²) in [5.74, 6) is 0. The van der Waals surface area contributed by atoms with Gasteiger partial charge < -0.3 is 10.5 Å². The summed E-state index contributed by atoms with van der Waals surface area (Å²) in [4.78, 5) is 0. The first-order valence-corrected chi connectivity index (χ1v) is 7.37. The Balaban J connectivity index is 2.32. The Hall–Kier alpha value is -1.07. The number of rotatable bonds is 4. The van der Waals surface area contributed by atoms with Gasteiger partial charge in [-0.15, -0.1) is 0 Å². The van der Waals surface area contributed by atoms with Gasteiger partial charge in [0.15, 0.2) is 0 Å². The SMILES string of the molecule is CCOC1(C(N)c2ccc(C(F)(F)F)cc2C)CCCC1. The summed E-state index contributed by atoms with van der Waals surface area (Å²) in [6, 6.07) is 3.39. The number of benzene rings is 1. The van der Waals surface area contributed by atoms with E-state index in [2.05, 4.69) is 0 Å². The van der Waals surface area contributed by atoms with E-state index in [-0.39, 0.29) is 6.04 Å². The van der Waals surface area contributed by atoms with Crippen LogP contribution in [0, 0.1) is 6.92 Å². The van der Waals surface area contributed by atoms with Crippen molar-refractivity contribution in [3.8, 4) is 0 Å². The van der Waals surface area contributed by atoms with Crippen LogP contribution in [0.25, 0.3) is 0 Å². The maximum absolute atomic E-state index is 12.7. The maximum Gasteiger partial charge on any atom is 0.416 e.